The minimum Gasteiger partial charge on any atom is -0.330 e. The van der Waals surface area contributed by atoms with Crippen LogP contribution in [0.25, 0.3) is 0 Å². The maximum atomic E-state index is 5.92. The van der Waals surface area contributed by atoms with Crippen molar-refractivity contribution in [2.24, 2.45) is 17.6 Å². The molecule has 1 aliphatic rings. The first-order valence-electron chi connectivity index (χ1n) is 6.74. The van der Waals surface area contributed by atoms with Gasteiger partial charge in [-0.15, -0.1) is 0 Å². The van der Waals surface area contributed by atoms with Gasteiger partial charge in [0.25, 0.3) is 0 Å². The molecule has 0 aromatic heterocycles. The summed E-state index contributed by atoms with van der Waals surface area (Å²) in [5, 5.41) is 0.830. The van der Waals surface area contributed by atoms with Crippen LogP contribution in [0.3, 0.4) is 0 Å². The van der Waals surface area contributed by atoms with E-state index in [0.29, 0.717) is 0 Å². The second-order valence-electron chi connectivity index (χ2n) is 5.21. The molecule has 94 valence electrons. The summed E-state index contributed by atoms with van der Waals surface area (Å²) in [4.78, 5) is 0. The van der Waals surface area contributed by atoms with E-state index >= 15 is 0 Å². The van der Waals surface area contributed by atoms with Crippen LogP contribution >= 0.6 is 11.6 Å². The predicted molar refractivity (Wildman–Crippen MR) is 74.3 cm³/mol. The molecule has 17 heavy (non-hydrogen) atoms. The third-order valence-electron chi connectivity index (χ3n) is 4.02. The molecule has 2 rings (SSSR count). The lowest BCUT2D eigenvalue weighted by Gasteiger charge is -2.31. The molecule has 1 aromatic carbocycles. The van der Waals surface area contributed by atoms with Gasteiger partial charge in [-0.3, -0.25) is 0 Å². The Morgan fingerprint density at radius 2 is 1.71 bits per heavy atom. The molecule has 0 radical (unpaired) electrons. The fourth-order valence-corrected chi connectivity index (χ4v) is 3.20. The highest BCUT2D eigenvalue weighted by molar-refractivity contribution is 6.30. The quantitative estimate of drug-likeness (QED) is 0.859. The van der Waals surface area contributed by atoms with Crippen molar-refractivity contribution in [2.75, 3.05) is 6.54 Å². The Morgan fingerprint density at radius 1 is 1.06 bits per heavy atom. The third kappa shape index (κ3) is 3.72. The van der Waals surface area contributed by atoms with Gasteiger partial charge < -0.3 is 5.73 Å². The van der Waals surface area contributed by atoms with Gasteiger partial charge in [-0.1, -0.05) is 43.0 Å². The van der Waals surface area contributed by atoms with Crippen molar-refractivity contribution in [3.8, 4) is 0 Å². The molecule has 0 saturated heterocycles. The van der Waals surface area contributed by atoms with Crippen LogP contribution < -0.4 is 5.73 Å². The van der Waals surface area contributed by atoms with Crippen molar-refractivity contribution in [2.45, 2.75) is 38.5 Å². The molecule has 0 spiro atoms. The Kier molecular flexibility index (Phi) is 4.87. The molecule has 1 nitrogen and oxygen atoms in total. The van der Waals surface area contributed by atoms with E-state index in [2.05, 4.69) is 12.1 Å². The summed E-state index contributed by atoms with van der Waals surface area (Å²) in [5.74, 6) is 1.66. The second kappa shape index (κ2) is 6.42. The highest BCUT2D eigenvalue weighted by Crippen LogP contribution is 2.34. The average Bonchev–Trinajstić information content (AvgIpc) is 2.35. The maximum Gasteiger partial charge on any atom is 0.0406 e. The van der Waals surface area contributed by atoms with Gasteiger partial charge >= 0.3 is 0 Å². The van der Waals surface area contributed by atoms with Crippen molar-refractivity contribution < 1.29 is 0 Å². The van der Waals surface area contributed by atoms with E-state index in [1.165, 1.54) is 44.1 Å². The number of nitrogens with two attached hydrogens (primary N) is 1. The molecule has 1 aliphatic carbocycles. The first-order valence-corrected chi connectivity index (χ1v) is 7.12. The molecule has 2 N–H and O–H groups in total. The fraction of sp³-hybridized carbons (Fsp3) is 0.600. The normalized spacial score (nSPS) is 24.8. The number of hydrogen-bond donors (Lipinski definition) is 1. The van der Waals surface area contributed by atoms with E-state index in [-0.39, 0.29) is 0 Å². The van der Waals surface area contributed by atoms with Crippen molar-refractivity contribution in [1.82, 2.24) is 0 Å². The van der Waals surface area contributed by atoms with Crippen molar-refractivity contribution in [3.05, 3.63) is 34.9 Å². The SMILES string of the molecule is NCCC1CCCCC1Cc1ccc(Cl)cc1. The molecule has 2 atom stereocenters. The van der Waals surface area contributed by atoms with Crippen molar-refractivity contribution in [3.63, 3.8) is 0 Å². The van der Waals surface area contributed by atoms with Crippen LogP contribution in [0, 0.1) is 11.8 Å². The highest BCUT2D eigenvalue weighted by atomic mass is 35.5. The van der Waals surface area contributed by atoms with Crippen LogP contribution in [0.4, 0.5) is 0 Å². The summed E-state index contributed by atoms with van der Waals surface area (Å²) in [6.07, 6.45) is 7.91. The van der Waals surface area contributed by atoms with E-state index in [1.54, 1.807) is 0 Å². The summed E-state index contributed by atoms with van der Waals surface area (Å²) in [6, 6.07) is 8.32. The molecule has 0 bridgehead atoms. The Bertz CT molecular complexity index is 331. The van der Waals surface area contributed by atoms with Crippen LogP contribution in [-0.2, 0) is 6.42 Å². The van der Waals surface area contributed by atoms with Crippen LogP contribution in [0.2, 0.25) is 5.02 Å². The molecule has 0 heterocycles. The van der Waals surface area contributed by atoms with Gasteiger partial charge in [-0.25, -0.2) is 0 Å². The van der Waals surface area contributed by atoms with Crippen LogP contribution in [0.1, 0.15) is 37.7 Å². The molecule has 2 heteroatoms. The zero-order valence-corrected chi connectivity index (χ0v) is 11.1. The summed E-state index contributed by atoms with van der Waals surface area (Å²) in [5.41, 5.74) is 7.14. The number of halogens is 1. The smallest absolute Gasteiger partial charge is 0.0406 e. The standard InChI is InChI=1S/C15H22ClN/c16-15-7-5-12(6-8-15)11-14-4-2-1-3-13(14)9-10-17/h5-8,13-14H,1-4,9-11,17H2. The van der Waals surface area contributed by atoms with E-state index in [9.17, 15) is 0 Å². The molecule has 0 amide bonds. The van der Waals surface area contributed by atoms with Gasteiger partial charge in [0, 0.05) is 5.02 Å². The Balaban J connectivity index is 1.97. The van der Waals surface area contributed by atoms with Gasteiger partial charge in [-0.05, 0) is 55.3 Å². The third-order valence-corrected chi connectivity index (χ3v) is 4.27. The Labute approximate surface area is 109 Å². The lowest BCUT2D eigenvalue weighted by molar-refractivity contribution is 0.225. The lowest BCUT2D eigenvalue weighted by Crippen LogP contribution is -2.24. The maximum absolute atomic E-state index is 5.92. The fourth-order valence-electron chi connectivity index (χ4n) is 3.07. The van der Waals surface area contributed by atoms with Gasteiger partial charge in [-0.2, -0.15) is 0 Å². The monoisotopic (exact) mass is 251 g/mol. The van der Waals surface area contributed by atoms with Crippen LogP contribution in [0.5, 0.6) is 0 Å². The minimum atomic E-state index is 0.827. The van der Waals surface area contributed by atoms with Gasteiger partial charge in [0.1, 0.15) is 0 Å². The molecule has 1 fully saturated rings. The molecule has 1 saturated carbocycles. The molecule has 0 aliphatic heterocycles. The van der Waals surface area contributed by atoms with Crippen LogP contribution in [0.15, 0.2) is 24.3 Å². The van der Waals surface area contributed by atoms with Gasteiger partial charge in [0.05, 0.1) is 0 Å². The zero-order valence-electron chi connectivity index (χ0n) is 10.4. The molecular formula is C15H22ClN. The van der Waals surface area contributed by atoms with E-state index in [4.69, 9.17) is 17.3 Å². The van der Waals surface area contributed by atoms with Crippen LogP contribution in [-0.4, -0.2) is 6.54 Å². The number of rotatable bonds is 4. The number of hydrogen-bond acceptors (Lipinski definition) is 1. The Hall–Kier alpha value is -0.530. The first kappa shape index (κ1) is 12.9. The van der Waals surface area contributed by atoms with Crippen molar-refractivity contribution >= 4 is 11.6 Å². The summed E-state index contributed by atoms with van der Waals surface area (Å²) < 4.78 is 0. The van der Waals surface area contributed by atoms with Gasteiger partial charge in [0.2, 0.25) is 0 Å². The summed E-state index contributed by atoms with van der Waals surface area (Å²) in [6.45, 7) is 0.835. The topological polar surface area (TPSA) is 26.0 Å². The zero-order chi connectivity index (χ0) is 12.1. The largest absolute Gasteiger partial charge is 0.330 e. The average molecular weight is 252 g/mol. The molecular weight excluding hydrogens is 230 g/mol. The summed E-state index contributed by atoms with van der Waals surface area (Å²) in [7, 11) is 0. The second-order valence-corrected chi connectivity index (χ2v) is 5.65. The van der Waals surface area contributed by atoms with E-state index in [0.717, 1.165) is 23.4 Å². The predicted octanol–water partition coefficient (Wildman–Crippen LogP) is 4.04. The molecule has 2 unspecified atom stereocenters. The lowest BCUT2D eigenvalue weighted by atomic mass is 9.75. The summed E-state index contributed by atoms with van der Waals surface area (Å²) >= 11 is 5.92. The minimum absolute atomic E-state index is 0.827. The molecule has 1 aromatic rings. The Morgan fingerprint density at radius 3 is 2.35 bits per heavy atom. The van der Waals surface area contributed by atoms with E-state index < -0.39 is 0 Å². The first-order chi connectivity index (χ1) is 8.29. The van der Waals surface area contributed by atoms with E-state index in [1.807, 2.05) is 12.1 Å². The highest BCUT2D eigenvalue weighted by Gasteiger charge is 2.24. The van der Waals surface area contributed by atoms with Gasteiger partial charge in [0.15, 0.2) is 0 Å². The van der Waals surface area contributed by atoms with Crippen molar-refractivity contribution in [1.29, 1.82) is 0 Å². The number of benzene rings is 1.